The molecular formula is C22H24N6O4S. The topological polar surface area (TPSA) is 109 Å². The van der Waals surface area contributed by atoms with E-state index in [2.05, 4.69) is 9.97 Å². The highest BCUT2D eigenvalue weighted by Crippen LogP contribution is 2.28. The van der Waals surface area contributed by atoms with E-state index in [0.717, 1.165) is 0 Å². The molecule has 2 aliphatic rings. The SMILES string of the molecule is CN1CCN(c2ncnc3ccc(-c4cccc(S(=O)(=O)N5CCOCC5)c4)nc23)CC1=O. The van der Waals surface area contributed by atoms with Crippen molar-refractivity contribution < 1.29 is 17.9 Å². The minimum absolute atomic E-state index is 0.0187. The molecule has 0 unspecified atom stereocenters. The van der Waals surface area contributed by atoms with Gasteiger partial charge in [-0.05, 0) is 24.3 Å². The monoisotopic (exact) mass is 468 g/mol. The van der Waals surface area contributed by atoms with Gasteiger partial charge in [0.2, 0.25) is 15.9 Å². The van der Waals surface area contributed by atoms with Gasteiger partial charge in [-0.15, -0.1) is 0 Å². The first-order valence-corrected chi connectivity index (χ1v) is 12.2. The number of nitrogens with zero attached hydrogens (tertiary/aromatic N) is 6. The molecule has 0 saturated carbocycles. The highest BCUT2D eigenvalue weighted by atomic mass is 32.2. The number of carbonyl (C=O) groups excluding carboxylic acids is 1. The predicted molar refractivity (Wildman–Crippen MR) is 122 cm³/mol. The Morgan fingerprint density at radius 1 is 1.00 bits per heavy atom. The van der Waals surface area contributed by atoms with Gasteiger partial charge in [-0.25, -0.2) is 23.4 Å². The van der Waals surface area contributed by atoms with Crippen LogP contribution < -0.4 is 4.90 Å². The summed E-state index contributed by atoms with van der Waals surface area (Å²) in [5, 5.41) is 0. The Hall–Kier alpha value is -3.15. The third kappa shape index (κ3) is 4.14. The third-order valence-corrected chi connectivity index (χ3v) is 7.85. The molecule has 1 aromatic carbocycles. The molecule has 2 aromatic heterocycles. The standard InChI is InChI=1S/C22H24N6O4S/c1-26-7-8-27(14-20(26)29)22-21-19(23-15-24-22)6-5-18(25-21)16-3-2-4-17(13-16)33(30,31)28-9-11-32-12-10-28/h2-6,13,15H,7-12,14H2,1H3. The first-order valence-electron chi connectivity index (χ1n) is 10.7. The number of hydrogen-bond acceptors (Lipinski definition) is 8. The molecule has 5 rings (SSSR count). The average Bonchev–Trinajstić information content (AvgIpc) is 2.85. The molecule has 33 heavy (non-hydrogen) atoms. The Morgan fingerprint density at radius 2 is 1.82 bits per heavy atom. The molecule has 11 heteroatoms. The first-order chi connectivity index (χ1) is 15.9. The van der Waals surface area contributed by atoms with Gasteiger partial charge < -0.3 is 14.5 Å². The van der Waals surface area contributed by atoms with Gasteiger partial charge in [0.25, 0.3) is 0 Å². The minimum atomic E-state index is -3.62. The molecule has 3 aromatic rings. The molecule has 0 spiro atoms. The summed E-state index contributed by atoms with van der Waals surface area (Å²) in [6.07, 6.45) is 1.47. The Bertz CT molecular complexity index is 1310. The smallest absolute Gasteiger partial charge is 0.243 e. The number of morpholine rings is 1. The van der Waals surface area contributed by atoms with Crippen LogP contribution in [0.4, 0.5) is 5.82 Å². The van der Waals surface area contributed by atoms with Crippen molar-refractivity contribution in [2.75, 3.05) is 57.9 Å². The summed E-state index contributed by atoms with van der Waals surface area (Å²) >= 11 is 0. The number of hydrogen-bond donors (Lipinski definition) is 0. The van der Waals surface area contributed by atoms with Crippen molar-refractivity contribution in [3.8, 4) is 11.3 Å². The maximum absolute atomic E-state index is 13.1. The Balaban J connectivity index is 1.52. The fourth-order valence-corrected chi connectivity index (χ4v) is 5.47. The molecule has 0 aliphatic carbocycles. The van der Waals surface area contributed by atoms with Crippen molar-refractivity contribution in [1.29, 1.82) is 0 Å². The van der Waals surface area contributed by atoms with Gasteiger partial charge in [0.05, 0.1) is 35.9 Å². The van der Waals surface area contributed by atoms with Gasteiger partial charge in [-0.3, -0.25) is 4.79 Å². The maximum Gasteiger partial charge on any atom is 0.243 e. The zero-order valence-electron chi connectivity index (χ0n) is 18.2. The molecule has 2 saturated heterocycles. The summed E-state index contributed by atoms with van der Waals surface area (Å²) < 4.78 is 32.9. The third-order valence-electron chi connectivity index (χ3n) is 5.96. The molecular weight excluding hydrogens is 444 g/mol. The van der Waals surface area contributed by atoms with Crippen LogP contribution in [-0.2, 0) is 19.6 Å². The van der Waals surface area contributed by atoms with E-state index in [1.807, 2.05) is 23.1 Å². The summed E-state index contributed by atoms with van der Waals surface area (Å²) in [7, 11) is -1.84. The van der Waals surface area contributed by atoms with Crippen LogP contribution in [-0.4, -0.2) is 91.5 Å². The van der Waals surface area contributed by atoms with Gasteiger partial charge in [0, 0.05) is 38.8 Å². The quantitative estimate of drug-likeness (QED) is 0.558. The van der Waals surface area contributed by atoms with E-state index in [9.17, 15) is 13.2 Å². The van der Waals surface area contributed by atoms with Crippen molar-refractivity contribution in [1.82, 2.24) is 24.2 Å². The van der Waals surface area contributed by atoms with E-state index in [1.54, 1.807) is 30.1 Å². The van der Waals surface area contributed by atoms with Crippen LogP contribution in [0.5, 0.6) is 0 Å². The molecule has 10 nitrogen and oxygen atoms in total. The molecule has 0 bridgehead atoms. The number of piperazine rings is 1. The molecule has 2 fully saturated rings. The number of rotatable bonds is 4. The number of fused-ring (bicyclic) bond motifs is 1. The van der Waals surface area contributed by atoms with Gasteiger partial charge in [-0.1, -0.05) is 12.1 Å². The number of anilines is 1. The molecule has 0 N–H and O–H groups in total. The van der Waals surface area contributed by atoms with Gasteiger partial charge in [0.15, 0.2) is 5.82 Å². The van der Waals surface area contributed by atoms with Crippen LogP contribution in [0.1, 0.15) is 0 Å². The van der Waals surface area contributed by atoms with Crippen LogP contribution >= 0.6 is 0 Å². The molecule has 2 aliphatic heterocycles. The number of ether oxygens (including phenoxy) is 1. The van der Waals surface area contributed by atoms with Crippen molar-refractivity contribution in [3.63, 3.8) is 0 Å². The van der Waals surface area contributed by atoms with Crippen molar-refractivity contribution in [2.45, 2.75) is 4.90 Å². The van der Waals surface area contributed by atoms with E-state index in [0.29, 0.717) is 67.5 Å². The lowest BCUT2D eigenvalue weighted by Gasteiger charge is -2.32. The number of amides is 1. The average molecular weight is 469 g/mol. The minimum Gasteiger partial charge on any atom is -0.379 e. The van der Waals surface area contributed by atoms with Gasteiger partial charge in [0.1, 0.15) is 11.8 Å². The second kappa shape index (κ2) is 8.65. The summed E-state index contributed by atoms with van der Waals surface area (Å²) in [6, 6.07) is 10.4. The number of carbonyl (C=O) groups is 1. The fraction of sp³-hybridized carbons (Fsp3) is 0.364. The van der Waals surface area contributed by atoms with Crippen LogP contribution in [0.2, 0.25) is 0 Å². The summed E-state index contributed by atoms with van der Waals surface area (Å²) in [6.45, 7) is 2.93. The lowest BCUT2D eigenvalue weighted by Crippen LogP contribution is -2.49. The first kappa shape index (κ1) is 21.7. The van der Waals surface area contributed by atoms with Gasteiger partial charge >= 0.3 is 0 Å². The van der Waals surface area contributed by atoms with E-state index in [1.165, 1.54) is 10.6 Å². The fourth-order valence-electron chi connectivity index (χ4n) is 4.01. The van der Waals surface area contributed by atoms with E-state index in [-0.39, 0.29) is 17.3 Å². The zero-order valence-corrected chi connectivity index (χ0v) is 19.0. The number of sulfonamides is 1. The zero-order chi connectivity index (χ0) is 23.0. The van der Waals surface area contributed by atoms with Crippen molar-refractivity contribution >= 4 is 32.8 Å². The number of benzene rings is 1. The second-order valence-electron chi connectivity index (χ2n) is 8.04. The van der Waals surface area contributed by atoms with E-state index >= 15 is 0 Å². The second-order valence-corrected chi connectivity index (χ2v) is 9.98. The van der Waals surface area contributed by atoms with Gasteiger partial charge in [-0.2, -0.15) is 4.31 Å². The number of likely N-dealkylation sites (N-methyl/N-ethyl adjacent to an activating group) is 1. The Kier molecular flexibility index (Phi) is 5.69. The molecule has 0 atom stereocenters. The maximum atomic E-state index is 13.1. The lowest BCUT2D eigenvalue weighted by molar-refractivity contribution is -0.129. The molecule has 1 amide bonds. The summed E-state index contributed by atoms with van der Waals surface area (Å²) in [5.74, 6) is 0.616. The highest BCUT2D eigenvalue weighted by Gasteiger charge is 2.27. The van der Waals surface area contributed by atoms with Crippen LogP contribution in [0.15, 0.2) is 47.6 Å². The normalized spacial score (nSPS) is 18.2. The lowest BCUT2D eigenvalue weighted by atomic mass is 10.1. The Labute approximate surface area is 191 Å². The molecule has 0 radical (unpaired) electrons. The summed E-state index contributed by atoms with van der Waals surface area (Å²) in [5.41, 5.74) is 2.52. The van der Waals surface area contributed by atoms with Crippen LogP contribution in [0, 0.1) is 0 Å². The summed E-state index contributed by atoms with van der Waals surface area (Å²) in [4.78, 5) is 29.5. The van der Waals surface area contributed by atoms with E-state index in [4.69, 9.17) is 9.72 Å². The Morgan fingerprint density at radius 3 is 2.61 bits per heavy atom. The molecule has 4 heterocycles. The number of pyridine rings is 1. The van der Waals surface area contributed by atoms with Crippen molar-refractivity contribution in [2.24, 2.45) is 0 Å². The van der Waals surface area contributed by atoms with E-state index < -0.39 is 10.0 Å². The van der Waals surface area contributed by atoms with Crippen LogP contribution in [0.3, 0.4) is 0 Å². The highest BCUT2D eigenvalue weighted by molar-refractivity contribution is 7.89. The predicted octanol–water partition coefficient (Wildman–Crippen LogP) is 0.991. The number of aromatic nitrogens is 3. The van der Waals surface area contributed by atoms with Crippen LogP contribution in [0.25, 0.3) is 22.3 Å². The largest absolute Gasteiger partial charge is 0.379 e. The van der Waals surface area contributed by atoms with Crippen molar-refractivity contribution in [3.05, 3.63) is 42.7 Å². The molecule has 172 valence electrons.